The molecule has 132 valence electrons. The number of fused-ring (bicyclic) bond motifs is 1. The van der Waals surface area contributed by atoms with Crippen molar-refractivity contribution in [3.63, 3.8) is 0 Å². The van der Waals surface area contributed by atoms with Crippen molar-refractivity contribution < 1.29 is 4.74 Å². The lowest BCUT2D eigenvalue weighted by atomic mass is 10.2. The number of hydrogen-bond donors (Lipinski definition) is 0. The van der Waals surface area contributed by atoms with E-state index < -0.39 is 0 Å². The van der Waals surface area contributed by atoms with E-state index in [2.05, 4.69) is 16.1 Å². The fourth-order valence-corrected chi connectivity index (χ4v) is 3.40. The lowest BCUT2D eigenvalue weighted by Crippen LogP contribution is -2.19. The van der Waals surface area contributed by atoms with E-state index >= 15 is 0 Å². The molecule has 0 unspecified atom stereocenters. The maximum absolute atomic E-state index is 12.1. The number of ether oxygens (including phenoxy) is 1. The first-order chi connectivity index (χ1) is 12.0. The molecular weight excluding hydrogens is 336 g/mol. The van der Waals surface area contributed by atoms with Gasteiger partial charge in [0.1, 0.15) is 5.75 Å². The normalized spacial score (nSPS) is 11.2. The predicted octanol–water partition coefficient (Wildman–Crippen LogP) is 3.14. The van der Waals surface area contributed by atoms with E-state index in [0.717, 1.165) is 28.6 Å². The Bertz CT molecular complexity index is 932. The molecule has 0 fully saturated rings. The molecule has 0 bridgehead atoms. The van der Waals surface area contributed by atoms with Crippen LogP contribution in [0.15, 0.2) is 35.1 Å². The summed E-state index contributed by atoms with van der Waals surface area (Å²) in [7, 11) is 1.96. The zero-order chi connectivity index (χ0) is 18.0. The number of aryl methyl sites for hydroxylation is 1. The van der Waals surface area contributed by atoms with Gasteiger partial charge < -0.3 is 9.64 Å². The van der Waals surface area contributed by atoms with E-state index in [1.54, 1.807) is 6.07 Å². The third-order valence-corrected chi connectivity index (χ3v) is 4.69. The van der Waals surface area contributed by atoms with Gasteiger partial charge in [-0.3, -0.25) is 4.79 Å². The van der Waals surface area contributed by atoms with Crippen LogP contribution in [0.2, 0.25) is 0 Å². The molecule has 0 aliphatic heterocycles. The van der Waals surface area contributed by atoms with Crippen molar-refractivity contribution in [2.45, 2.75) is 39.8 Å². The smallest absolute Gasteiger partial charge is 0.275 e. The summed E-state index contributed by atoms with van der Waals surface area (Å²) in [5.41, 5.74) is 1.78. The molecular formula is C18H22N4O2S. The number of rotatable bonds is 6. The average Bonchev–Trinajstić information content (AvgIpc) is 2.99. The fourth-order valence-electron chi connectivity index (χ4n) is 2.51. The molecule has 25 heavy (non-hydrogen) atoms. The minimum absolute atomic E-state index is 0.134. The van der Waals surface area contributed by atoms with E-state index in [4.69, 9.17) is 4.74 Å². The molecule has 0 saturated heterocycles. The van der Waals surface area contributed by atoms with Gasteiger partial charge >= 0.3 is 0 Å². The van der Waals surface area contributed by atoms with E-state index in [-0.39, 0.29) is 11.7 Å². The van der Waals surface area contributed by atoms with Gasteiger partial charge in [-0.1, -0.05) is 30.4 Å². The summed E-state index contributed by atoms with van der Waals surface area (Å²) in [4.78, 5) is 19.3. The van der Waals surface area contributed by atoms with Gasteiger partial charge in [0.2, 0.25) is 10.1 Å². The second-order valence-corrected chi connectivity index (χ2v) is 7.12. The Kier molecular flexibility index (Phi) is 5.03. The number of aromatic nitrogens is 3. The predicted molar refractivity (Wildman–Crippen MR) is 101 cm³/mol. The van der Waals surface area contributed by atoms with Crippen LogP contribution in [0.25, 0.3) is 4.96 Å². The second kappa shape index (κ2) is 7.23. The molecule has 3 aromatic rings. The zero-order valence-corrected chi connectivity index (χ0v) is 15.7. The van der Waals surface area contributed by atoms with Gasteiger partial charge in [0.05, 0.1) is 6.10 Å². The molecule has 0 saturated carbocycles. The number of nitrogens with zero attached hydrogens (tertiary/aromatic N) is 4. The molecule has 2 aromatic heterocycles. The van der Waals surface area contributed by atoms with Gasteiger partial charge in [0.15, 0.2) is 0 Å². The van der Waals surface area contributed by atoms with Crippen LogP contribution in [0, 0.1) is 0 Å². The number of anilines is 1. The molecule has 7 heteroatoms. The van der Waals surface area contributed by atoms with Crippen LogP contribution in [0.1, 0.15) is 32.0 Å². The molecule has 0 N–H and O–H groups in total. The van der Waals surface area contributed by atoms with Gasteiger partial charge in [-0.15, -0.1) is 5.10 Å². The van der Waals surface area contributed by atoms with Crippen molar-refractivity contribution in [3.8, 4) is 5.75 Å². The van der Waals surface area contributed by atoms with Gasteiger partial charge in [-0.25, -0.2) is 4.98 Å². The first-order valence-corrected chi connectivity index (χ1v) is 9.14. The maximum atomic E-state index is 12.1. The van der Waals surface area contributed by atoms with Gasteiger partial charge in [-0.2, -0.15) is 4.52 Å². The summed E-state index contributed by atoms with van der Waals surface area (Å²) >= 11 is 1.42. The van der Waals surface area contributed by atoms with Crippen LogP contribution in [0.3, 0.4) is 0 Å². The lowest BCUT2D eigenvalue weighted by Gasteiger charge is -2.16. The lowest BCUT2D eigenvalue weighted by molar-refractivity contribution is 0.242. The summed E-state index contributed by atoms with van der Waals surface area (Å²) < 4.78 is 7.11. The summed E-state index contributed by atoms with van der Waals surface area (Å²) in [5.74, 6) is 0.857. The summed E-state index contributed by atoms with van der Waals surface area (Å²) in [6, 6.07) is 9.57. The summed E-state index contributed by atoms with van der Waals surface area (Å²) in [6.07, 6.45) is 0.875. The minimum Gasteiger partial charge on any atom is -0.491 e. The third kappa shape index (κ3) is 3.99. The van der Waals surface area contributed by atoms with Gasteiger partial charge in [-0.05, 0) is 38.0 Å². The fraction of sp³-hybridized carbons (Fsp3) is 0.389. The van der Waals surface area contributed by atoms with Crippen LogP contribution in [0.5, 0.6) is 5.75 Å². The van der Waals surface area contributed by atoms with Crippen molar-refractivity contribution in [1.82, 2.24) is 14.6 Å². The molecule has 0 aliphatic rings. The molecule has 0 atom stereocenters. The molecule has 0 aliphatic carbocycles. The Morgan fingerprint density at radius 2 is 2.12 bits per heavy atom. The van der Waals surface area contributed by atoms with Gasteiger partial charge in [0.25, 0.3) is 5.56 Å². The first-order valence-electron chi connectivity index (χ1n) is 8.32. The van der Waals surface area contributed by atoms with Crippen LogP contribution in [0.4, 0.5) is 5.13 Å². The highest BCUT2D eigenvalue weighted by Crippen LogP contribution is 2.23. The van der Waals surface area contributed by atoms with Gasteiger partial charge in [0, 0.05) is 25.4 Å². The Balaban J connectivity index is 1.84. The Morgan fingerprint density at radius 1 is 1.32 bits per heavy atom. The number of hydrogen-bond acceptors (Lipinski definition) is 6. The van der Waals surface area contributed by atoms with E-state index in [0.29, 0.717) is 11.5 Å². The van der Waals surface area contributed by atoms with Crippen molar-refractivity contribution in [2.24, 2.45) is 0 Å². The largest absolute Gasteiger partial charge is 0.491 e. The van der Waals surface area contributed by atoms with Crippen LogP contribution >= 0.6 is 11.3 Å². The maximum Gasteiger partial charge on any atom is 0.275 e. The topological polar surface area (TPSA) is 59.7 Å². The SMILES string of the molecule is CCc1cc(=O)n2nc(N(C)Cc3cccc(OC(C)C)c3)sc2n1. The highest BCUT2D eigenvalue weighted by molar-refractivity contribution is 7.20. The van der Waals surface area contributed by atoms with E-state index in [1.807, 2.05) is 50.9 Å². The van der Waals surface area contributed by atoms with Crippen molar-refractivity contribution in [1.29, 1.82) is 0 Å². The molecule has 3 rings (SSSR count). The van der Waals surface area contributed by atoms with Crippen LogP contribution in [-0.4, -0.2) is 27.7 Å². The molecule has 0 spiro atoms. The zero-order valence-electron chi connectivity index (χ0n) is 14.9. The highest BCUT2D eigenvalue weighted by atomic mass is 32.1. The molecule has 2 heterocycles. The van der Waals surface area contributed by atoms with Crippen molar-refractivity contribution in [3.05, 3.63) is 51.9 Å². The highest BCUT2D eigenvalue weighted by Gasteiger charge is 2.12. The molecule has 6 nitrogen and oxygen atoms in total. The minimum atomic E-state index is -0.134. The summed E-state index contributed by atoms with van der Waals surface area (Å²) in [5, 5.41) is 5.17. The summed E-state index contributed by atoms with van der Waals surface area (Å²) in [6.45, 7) is 6.67. The molecule has 0 amide bonds. The molecule has 1 aromatic carbocycles. The monoisotopic (exact) mass is 358 g/mol. The second-order valence-electron chi connectivity index (χ2n) is 6.19. The average molecular weight is 358 g/mol. The Hall–Kier alpha value is -2.41. The van der Waals surface area contributed by atoms with E-state index in [9.17, 15) is 4.79 Å². The third-order valence-electron chi connectivity index (χ3n) is 3.67. The quantitative estimate of drug-likeness (QED) is 0.677. The van der Waals surface area contributed by atoms with Crippen LogP contribution < -0.4 is 15.2 Å². The van der Waals surface area contributed by atoms with Crippen LogP contribution in [-0.2, 0) is 13.0 Å². The first kappa shape index (κ1) is 17.4. The van der Waals surface area contributed by atoms with E-state index in [1.165, 1.54) is 15.9 Å². The number of benzene rings is 1. The standard InChI is InChI=1S/C18H22N4O2S/c1-5-14-10-16(23)22-17(19-14)25-18(20-22)21(4)11-13-7-6-8-15(9-13)24-12(2)3/h6-10,12H,5,11H2,1-4H3. The van der Waals surface area contributed by atoms with Crippen molar-refractivity contribution in [2.75, 3.05) is 11.9 Å². The molecule has 0 radical (unpaired) electrons. The Morgan fingerprint density at radius 3 is 2.84 bits per heavy atom. The van der Waals surface area contributed by atoms with Crippen molar-refractivity contribution >= 4 is 21.4 Å². The Labute approximate surface area is 150 Å².